The van der Waals surface area contributed by atoms with Gasteiger partial charge in [0.15, 0.2) is 0 Å². The fourth-order valence-electron chi connectivity index (χ4n) is 1.47. The van der Waals surface area contributed by atoms with Crippen molar-refractivity contribution in [2.45, 2.75) is 12.3 Å². The molecule has 2 nitrogen and oxygen atoms in total. The molecular formula is C9H10BrNO. The largest absolute Gasteiger partial charge is 0.381 e. The number of ether oxygens (including phenoxy) is 1. The SMILES string of the molecule is Brc1cc([C@H]2CCOC2)ccn1. The molecule has 1 aromatic rings. The summed E-state index contributed by atoms with van der Waals surface area (Å²) in [6.07, 6.45) is 2.97. The van der Waals surface area contributed by atoms with Crippen LogP contribution >= 0.6 is 15.9 Å². The van der Waals surface area contributed by atoms with Crippen LogP contribution in [0.1, 0.15) is 17.9 Å². The molecule has 1 aliphatic heterocycles. The van der Waals surface area contributed by atoms with E-state index in [9.17, 15) is 0 Å². The number of rotatable bonds is 1. The lowest BCUT2D eigenvalue weighted by Crippen LogP contribution is -1.97. The number of pyridine rings is 1. The van der Waals surface area contributed by atoms with Crippen molar-refractivity contribution >= 4 is 15.9 Å². The van der Waals surface area contributed by atoms with Gasteiger partial charge in [0.2, 0.25) is 0 Å². The molecule has 1 fully saturated rings. The summed E-state index contributed by atoms with van der Waals surface area (Å²) in [7, 11) is 0. The van der Waals surface area contributed by atoms with E-state index in [-0.39, 0.29) is 0 Å². The standard InChI is InChI=1S/C9H10BrNO/c10-9-5-7(1-3-11-9)8-2-4-12-6-8/h1,3,5,8H,2,4,6H2/t8-/m0/s1. The molecule has 1 aliphatic rings. The highest BCUT2D eigenvalue weighted by atomic mass is 79.9. The maximum absolute atomic E-state index is 5.32. The molecule has 1 atom stereocenters. The molecule has 2 rings (SSSR count). The molecular weight excluding hydrogens is 218 g/mol. The average Bonchev–Trinajstić information content (AvgIpc) is 2.56. The van der Waals surface area contributed by atoms with Crippen molar-refractivity contribution in [2.75, 3.05) is 13.2 Å². The predicted molar refractivity (Wildman–Crippen MR) is 50.1 cm³/mol. The third kappa shape index (κ3) is 1.67. The zero-order chi connectivity index (χ0) is 8.39. The summed E-state index contributed by atoms with van der Waals surface area (Å²) in [5.41, 5.74) is 1.33. The van der Waals surface area contributed by atoms with Crippen LogP contribution in [0, 0.1) is 0 Å². The molecule has 0 N–H and O–H groups in total. The van der Waals surface area contributed by atoms with Crippen LogP contribution in [-0.4, -0.2) is 18.2 Å². The molecule has 0 spiro atoms. The number of nitrogens with zero attached hydrogens (tertiary/aromatic N) is 1. The fraction of sp³-hybridized carbons (Fsp3) is 0.444. The van der Waals surface area contributed by atoms with E-state index in [1.54, 1.807) is 0 Å². The third-order valence-electron chi connectivity index (χ3n) is 2.15. The first-order valence-corrected chi connectivity index (χ1v) is 4.85. The molecule has 0 aliphatic carbocycles. The third-order valence-corrected chi connectivity index (χ3v) is 2.59. The maximum atomic E-state index is 5.32. The second-order valence-corrected chi connectivity index (χ2v) is 3.78. The van der Waals surface area contributed by atoms with Crippen LogP contribution < -0.4 is 0 Å². The second-order valence-electron chi connectivity index (χ2n) is 2.97. The first kappa shape index (κ1) is 8.20. The van der Waals surface area contributed by atoms with Gasteiger partial charge in [-0.1, -0.05) is 0 Å². The minimum Gasteiger partial charge on any atom is -0.381 e. The Balaban J connectivity index is 2.21. The van der Waals surface area contributed by atoms with Crippen LogP contribution in [0.2, 0.25) is 0 Å². The number of aromatic nitrogens is 1. The van der Waals surface area contributed by atoms with E-state index >= 15 is 0 Å². The Labute approximate surface area is 80.1 Å². The van der Waals surface area contributed by atoms with Gasteiger partial charge in [-0.2, -0.15) is 0 Å². The van der Waals surface area contributed by atoms with Gasteiger partial charge in [0, 0.05) is 18.7 Å². The molecule has 1 aromatic heterocycles. The van der Waals surface area contributed by atoms with E-state index in [1.165, 1.54) is 5.56 Å². The predicted octanol–water partition coefficient (Wildman–Crippen LogP) is 2.35. The summed E-state index contributed by atoms with van der Waals surface area (Å²) in [4.78, 5) is 4.09. The lowest BCUT2D eigenvalue weighted by Gasteiger charge is -2.06. The summed E-state index contributed by atoms with van der Waals surface area (Å²) < 4.78 is 6.22. The molecule has 3 heteroatoms. The van der Waals surface area contributed by atoms with Gasteiger partial charge in [-0.3, -0.25) is 0 Å². The van der Waals surface area contributed by atoms with E-state index in [0.717, 1.165) is 24.2 Å². The molecule has 2 heterocycles. The average molecular weight is 228 g/mol. The second kappa shape index (κ2) is 3.54. The Hall–Kier alpha value is -0.410. The lowest BCUT2D eigenvalue weighted by molar-refractivity contribution is 0.194. The van der Waals surface area contributed by atoms with Gasteiger partial charge < -0.3 is 4.74 Å². The van der Waals surface area contributed by atoms with Gasteiger partial charge in [0.25, 0.3) is 0 Å². The Morgan fingerprint density at radius 1 is 1.58 bits per heavy atom. The number of hydrogen-bond acceptors (Lipinski definition) is 2. The van der Waals surface area contributed by atoms with Crippen LogP contribution in [0.4, 0.5) is 0 Å². The topological polar surface area (TPSA) is 22.1 Å². The van der Waals surface area contributed by atoms with Gasteiger partial charge in [-0.05, 0) is 40.0 Å². The van der Waals surface area contributed by atoms with E-state index in [0.29, 0.717) is 5.92 Å². The fourth-order valence-corrected chi connectivity index (χ4v) is 1.85. The normalized spacial score (nSPS) is 22.9. The Morgan fingerprint density at radius 2 is 2.50 bits per heavy atom. The highest BCUT2D eigenvalue weighted by Crippen LogP contribution is 2.25. The summed E-state index contributed by atoms with van der Waals surface area (Å²) in [6.45, 7) is 1.75. The van der Waals surface area contributed by atoms with Gasteiger partial charge >= 0.3 is 0 Å². The summed E-state index contributed by atoms with van der Waals surface area (Å²) in [5, 5.41) is 0. The van der Waals surface area contributed by atoms with Crippen molar-refractivity contribution in [1.82, 2.24) is 4.98 Å². The van der Waals surface area contributed by atoms with Crippen LogP contribution in [0.25, 0.3) is 0 Å². The minimum atomic E-state index is 0.573. The lowest BCUT2D eigenvalue weighted by atomic mass is 10.0. The smallest absolute Gasteiger partial charge is 0.106 e. The van der Waals surface area contributed by atoms with Crippen molar-refractivity contribution < 1.29 is 4.74 Å². The molecule has 64 valence electrons. The zero-order valence-electron chi connectivity index (χ0n) is 6.66. The van der Waals surface area contributed by atoms with E-state index < -0.39 is 0 Å². The number of hydrogen-bond donors (Lipinski definition) is 0. The molecule has 0 radical (unpaired) electrons. The molecule has 1 saturated heterocycles. The molecule has 0 amide bonds. The Bertz CT molecular complexity index is 271. The highest BCUT2D eigenvalue weighted by Gasteiger charge is 2.17. The Kier molecular flexibility index (Phi) is 2.42. The summed E-state index contributed by atoms with van der Waals surface area (Å²) in [5.74, 6) is 0.573. The first-order valence-electron chi connectivity index (χ1n) is 4.05. The van der Waals surface area contributed by atoms with Crippen molar-refractivity contribution in [3.05, 3.63) is 28.5 Å². The molecule has 0 saturated carbocycles. The van der Waals surface area contributed by atoms with Crippen LogP contribution in [0.15, 0.2) is 22.9 Å². The summed E-state index contributed by atoms with van der Waals surface area (Å²) in [6, 6.07) is 4.13. The summed E-state index contributed by atoms with van der Waals surface area (Å²) >= 11 is 3.36. The zero-order valence-corrected chi connectivity index (χ0v) is 8.25. The van der Waals surface area contributed by atoms with Crippen molar-refractivity contribution in [2.24, 2.45) is 0 Å². The maximum Gasteiger partial charge on any atom is 0.106 e. The quantitative estimate of drug-likeness (QED) is 0.688. The minimum absolute atomic E-state index is 0.573. The molecule has 0 bridgehead atoms. The van der Waals surface area contributed by atoms with E-state index in [4.69, 9.17) is 4.74 Å². The van der Waals surface area contributed by atoms with Gasteiger partial charge in [-0.15, -0.1) is 0 Å². The monoisotopic (exact) mass is 227 g/mol. The number of halogens is 1. The highest BCUT2D eigenvalue weighted by molar-refractivity contribution is 9.10. The van der Waals surface area contributed by atoms with Crippen molar-refractivity contribution in [3.8, 4) is 0 Å². The van der Waals surface area contributed by atoms with Crippen LogP contribution in [0.5, 0.6) is 0 Å². The van der Waals surface area contributed by atoms with Crippen molar-refractivity contribution in [1.29, 1.82) is 0 Å². The van der Waals surface area contributed by atoms with Crippen molar-refractivity contribution in [3.63, 3.8) is 0 Å². The van der Waals surface area contributed by atoms with E-state index in [1.807, 2.05) is 6.20 Å². The van der Waals surface area contributed by atoms with Gasteiger partial charge in [0.1, 0.15) is 4.60 Å². The van der Waals surface area contributed by atoms with Crippen LogP contribution in [-0.2, 0) is 4.74 Å². The molecule has 0 unspecified atom stereocenters. The van der Waals surface area contributed by atoms with Gasteiger partial charge in [0.05, 0.1) is 6.61 Å². The Morgan fingerprint density at radius 3 is 3.17 bits per heavy atom. The van der Waals surface area contributed by atoms with E-state index in [2.05, 4.69) is 33.0 Å². The molecule has 0 aromatic carbocycles. The molecule has 12 heavy (non-hydrogen) atoms. The van der Waals surface area contributed by atoms with Crippen LogP contribution in [0.3, 0.4) is 0 Å². The first-order chi connectivity index (χ1) is 5.86. The van der Waals surface area contributed by atoms with Gasteiger partial charge in [-0.25, -0.2) is 4.98 Å².